The highest BCUT2D eigenvalue weighted by molar-refractivity contribution is 7.10. The van der Waals surface area contributed by atoms with Gasteiger partial charge in [-0.3, -0.25) is 4.79 Å². The largest absolute Gasteiger partial charge is 0.290 e. The van der Waals surface area contributed by atoms with Gasteiger partial charge in [0.1, 0.15) is 10.7 Å². The number of Topliss-reactive ketones (excluding diaryl/α,β-unsaturated/α-hetero) is 1. The van der Waals surface area contributed by atoms with E-state index in [0.29, 0.717) is 15.7 Å². The average molecular weight is 347 g/mol. The number of halogens is 1. The second-order valence-electron chi connectivity index (χ2n) is 4.30. The maximum absolute atomic E-state index is 12.3. The van der Waals surface area contributed by atoms with Gasteiger partial charge in [-0.15, -0.1) is 11.3 Å². The average Bonchev–Trinajstić information content (AvgIpc) is 3.20. The molecule has 0 saturated carbocycles. The molecule has 0 N–H and O–H groups in total. The van der Waals surface area contributed by atoms with Crippen LogP contribution in [0.15, 0.2) is 35.8 Å². The number of thiazole rings is 1. The lowest BCUT2D eigenvalue weighted by atomic mass is 10.0. The summed E-state index contributed by atoms with van der Waals surface area (Å²) in [5.41, 5.74) is 1.78. The zero-order valence-electron chi connectivity index (χ0n) is 10.9. The quantitative estimate of drug-likeness (QED) is 0.671. The van der Waals surface area contributed by atoms with E-state index in [1.807, 2.05) is 23.6 Å². The molecule has 3 aromatic rings. The van der Waals surface area contributed by atoms with Crippen LogP contribution in [0, 0.1) is 11.3 Å². The zero-order valence-corrected chi connectivity index (χ0v) is 13.3. The summed E-state index contributed by atoms with van der Waals surface area (Å²) in [6.45, 7) is 0. The van der Waals surface area contributed by atoms with Gasteiger partial charge in [-0.2, -0.15) is 14.0 Å². The van der Waals surface area contributed by atoms with Crippen LogP contribution in [0.4, 0.5) is 0 Å². The van der Waals surface area contributed by atoms with Crippen LogP contribution >= 0.6 is 34.7 Å². The molecule has 0 aliphatic carbocycles. The molecule has 5 nitrogen and oxygen atoms in total. The summed E-state index contributed by atoms with van der Waals surface area (Å²) in [5, 5.41) is 12.2. The molecule has 108 valence electrons. The Hall–Kier alpha value is -2.14. The minimum Gasteiger partial charge on any atom is -0.290 e. The highest BCUT2D eigenvalue weighted by atomic mass is 35.5. The summed E-state index contributed by atoms with van der Waals surface area (Å²) in [7, 11) is 0. The monoisotopic (exact) mass is 346 g/mol. The summed E-state index contributed by atoms with van der Waals surface area (Å²) >= 11 is 8.07. The van der Waals surface area contributed by atoms with Crippen LogP contribution in [-0.4, -0.2) is 19.5 Å². The Bertz CT molecular complexity index is 837. The van der Waals surface area contributed by atoms with Gasteiger partial charge in [0.2, 0.25) is 5.78 Å². The van der Waals surface area contributed by atoms with Crippen molar-refractivity contribution in [3.8, 4) is 17.3 Å². The van der Waals surface area contributed by atoms with Crippen molar-refractivity contribution in [1.82, 2.24) is 13.7 Å². The zero-order chi connectivity index (χ0) is 15.5. The molecule has 0 bridgehead atoms. The molecule has 0 radical (unpaired) electrons. The highest BCUT2D eigenvalue weighted by Gasteiger charge is 2.26. The van der Waals surface area contributed by atoms with E-state index in [-0.39, 0.29) is 11.5 Å². The normalized spacial score (nSPS) is 11.8. The number of aromatic nitrogens is 3. The van der Waals surface area contributed by atoms with E-state index in [9.17, 15) is 10.1 Å². The predicted octanol–water partition coefficient (Wildman–Crippen LogP) is 3.81. The molecular formula is C14H7ClN4OS2. The van der Waals surface area contributed by atoms with E-state index in [2.05, 4.69) is 13.7 Å². The first-order valence-electron chi connectivity index (χ1n) is 6.12. The minimum absolute atomic E-state index is 0.194. The van der Waals surface area contributed by atoms with Gasteiger partial charge in [-0.25, -0.2) is 4.98 Å². The van der Waals surface area contributed by atoms with Crippen LogP contribution in [0.5, 0.6) is 0 Å². The Balaban J connectivity index is 1.90. The van der Waals surface area contributed by atoms with Gasteiger partial charge in [0.25, 0.3) is 0 Å². The smallest absolute Gasteiger partial charge is 0.207 e. The van der Waals surface area contributed by atoms with Crippen LogP contribution in [0.1, 0.15) is 21.4 Å². The Morgan fingerprint density at radius 2 is 2.09 bits per heavy atom. The van der Waals surface area contributed by atoms with E-state index in [1.54, 1.807) is 12.1 Å². The fourth-order valence-electron chi connectivity index (χ4n) is 1.82. The van der Waals surface area contributed by atoms with E-state index >= 15 is 0 Å². The molecule has 8 heteroatoms. The molecule has 0 amide bonds. The molecule has 0 aliphatic rings. The molecule has 0 fully saturated rings. The molecule has 1 atom stereocenters. The number of benzene rings is 1. The van der Waals surface area contributed by atoms with Crippen molar-refractivity contribution in [1.29, 1.82) is 5.26 Å². The van der Waals surface area contributed by atoms with Crippen molar-refractivity contribution in [2.45, 2.75) is 5.92 Å². The van der Waals surface area contributed by atoms with Crippen molar-refractivity contribution in [3.05, 3.63) is 51.6 Å². The van der Waals surface area contributed by atoms with E-state index in [4.69, 9.17) is 11.6 Å². The van der Waals surface area contributed by atoms with Crippen molar-refractivity contribution in [3.63, 3.8) is 0 Å². The highest BCUT2D eigenvalue weighted by Crippen LogP contribution is 2.28. The molecule has 1 aromatic carbocycles. The van der Waals surface area contributed by atoms with E-state index < -0.39 is 5.92 Å². The molecule has 22 heavy (non-hydrogen) atoms. The molecule has 0 spiro atoms. The molecule has 2 aromatic heterocycles. The lowest BCUT2D eigenvalue weighted by molar-refractivity contribution is 0.0975. The van der Waals surface area contributed by atoms with Gasteiger partial charge in [-0.1, -0.05) is 23.7 Å². The Kier molecular flexibility index (Phi) is 4.24. The molecule has 3 rings (SSSR count). The van der Waals surface area contributed by atoms with Gasteiger partial charge in [0.15, 0.2) is 5.92 Å². The van der Waals surface area contributed by atoms with Gasteiger partial charge in [0.05, 0.1) is 29.7 Å². The van der Waals surface area contributed by atoms with Gasteiger partial charge < -0.3 is 0 Å². The molecular weight excluding hydrogens is 340 g/mol. The third-order valence-corrected chi connectivity index (χ3v) is 4.55. The van der Waals surface area contributed by atoms with Crippen molar-refractivity contribution < 1.29 is 4.79 Å². The second kappa shape index (κ2) is 6.32. The van der Waals surface area contributed by atoms with Crippen LogP contribution in [0.3, 0.4) is 0 Å². The number of nitrogens with zero attached hydrogens (tertiary/aromatic N) is 4. The standard InChI is InChI=1S/C14H7ClN4OS2/c15-9-3-1-8(2-4-9)12-7-21-14(18-12)10(5-16)13(20)11-6-17-22-19-11/h1-4,6-7,10H. The topological polar surface area (TPSA) is 79.5 Å². The molecule has 0 aliphatic heterocycles. The summed E-state index contributed by atoms with van der Waals surface area (Å²) in [6, 6.07) is 9.21. The first-order valence-corrected chi connectivity index (χ1v) is 8.10. The number of rotatable bonds is 4. The second-order valence-corrected chi connectivity index (χ2v) is 6.18. The van der Waals surface area contributed by atoms with Gasteiger partial charge >= 0.3 is 0 Å². The number of nitriles is 1. The van der Waals surface area contributed by atoms with Gasteiger partial charge in [0, 0.05) is 16.0 Å². The first kappa shape index (κ1) is 14.8. The molecule has 0 saturated heterocycles. The first-order chi connectivity index (χ1) is 10.7. The lowest BCUT2D eigenvalue weighted by Crippen LogP contribution is -2.11. The maximum atomic E-state index is 12.3. The number of carbonyl (C=O) groups excluding carboxylic acids is 1. The number of ketones is 1. The molecule has 1 unspecified atom stereocenters. The van der Waals surface area contributed by atoms with Crippen LogP contribution in [0.25, 0.3) is 11.3 Å². The van der Waals surface area contributed by atoms with Crippen LogP contribution < -0.4 is 0 Å². The van der Waals surface area contributed by atoms with Gasteiger partial charge in [-0.05, 0) is 12.1 Å². The summed E-state index contributed by atoms with van der Waals surface area (Å²) < 4.78 is 7.66. The number of hydrogen-bond donors (Lipinski definition) is 0. The third kappa shape index (κ3) is 2.90. The Morgan fingerprint density at radius 1 is 1.32 bits per heavy atom. The fourth-order valence-corrected chi connectivity index (χ4v) is 3.23. The third-order valence-electron chi connectivity index (χ3n) is 2.91. The summed E-state index contributed by atoms with van der Waals surface area (Å²) in [4.78, 5) is 16.7. The lowest BCUT2D eigenvalue weighted by Gasteiger charge is -2.01. The van der Waals surface area contributed by atoms with Crippen molar-refractivity contribution in [2.24, 2.45) is 0 Å². The van der Waals surface area contributed by atoms with Crippen LogP contribution in [-0.2, 0) is 0 Å². The summed E-state index contributed by atoms with van der Waals surface area (Å²) in [5.74, 6) is -1.34. The molecule has 2 heterocycles. The van der Waals surface area contributed by atoms with Crippen molar-refractivity contribution >= 4 is 40.4 Å². The predicted molar refractivity (Wildman–Crippen MR) is 85.2 cm³/mol. The summed E-state index contributed by atoms with van der Waals surface area (Å²) in [6.07, 6.45) is 1.37. The van der Waals surface area contributed by atoms with Crippen molar-refractivity contribution in [2.75, 3.05) is 0 Å². The Morgan fingerprint density at radius 3 is 2.73 bits per heavy atom. The van der Waals surface area contributed by atoms with E-state index in [1.165, 1.54) is 17.5 Å². The van der Waals surface area contributed by atoms with E-state index in [0.717, 1.165) is 17.3 Å². The fraction of sp³-hybridized carbons (Fsp3) is 0.0714. The number of carbonyl (C=O) groups is 1. The SMILES string of the molecule is N#CC(C(=O)c1cnsn1)c1nc(-c2ccc(Cl)cc2)cs1. The Labute approximate surface area is 139 Å². The minimum atomic E-state index is -0.963. The number of hydrogen-bond acceptors (Lipinski definition) is 7. The van der Waals surface area contributed by atoms with Crippen LogP contribution in [0.2, 0.25) is 5.02 Å². The maximum Gasteiger partial charge on any atom is 0.207 e.